The molecule has 0 bridgehead atoms. The van der Waals surface area contributed by atoms with Crippen LogP contribution in [0.25, 0.3) is 11.1 Å². The largest absolute Gasteiger partial charge is 0.493 e. The van der Waals surface area contributed by atoms with Crippen molar-refractivity contribution in [2.75, 3.05) is 33.9 Å². The average molecular weight is 490 g/mol. The summed E-state index contributed by atoms with van der Waals surface area (Å²) in [5.74, 6) is -0.00389. The van der Waals surface area contributed by atoms with Crippen molar-refractivity contribution in [1.82, 2.24) is 14.6 Å². The van der Waals surface area contributed by atoms with Crippen LogP contribution in [0.4, 0.5) is 0 Å². The summed E-state index contributed by atoms with van der Waals surface area (Å²) in [5.41, 5.74) is 1.58. The van der Waals surface area contributed by atoms with Crippen molar-refractivity contribution >= 4 is 27.0 Å². The fourth-order valence-electron chi connectivity index (χ4n) is 4.12. The molecule has 1 saturated heterocycles. The van der Waals surface area contributed by atoms with E-state index in [9.17, 15) is 18.0 Å². The van der Waals surface area contributed by atoms with Gasteiger partial charge in [-0.1, -0.05) is 6.07 Å². The number of piperidine rings is 1. The predicted molar refractivity (Wildman–Crippen MR) is 125 cm³/mol. The zero-order valence-corrected chi connectivity index (χ0v) is 19.8. The van der Waals surface area contributed by atoms with Gasteiger partial charge in [0.1, 0.15) is 0 Å². The van der Waals surface area contributed by atoms with Gasteiger partial charge in [-0.15, -0.1) is 0 Å². The highest BCUT2D eigenvalue weighted by Crippen LogP contribution is 2.28. The highest BCUT2D eigenvalue weighted by molar-refractivity contribution is 7.89. The van der Waals surface area contributed by atoms with Gasteiger partial charge in [-0.05, 0) is 49.1 Å². The molecule has 1 aromatic heterocycles. The Bertz CT molecular complexity index is 1350. The summed E-state index contributed by atoms with van der Waals surface area (Å²) in [6, 6.07) is 9.84. The molecule has 1 atom stereocenters. The molecule has 1 unspecified atom stereocenters. The van der Waals surface area contributed by atoms with Gasteiger partial charge in [0, 0.05) is 25.7 Å². The van der Waals surface area contributed by atoms with Gasteiger partial charge in [0.15, 0.2) is 17.1 Å². The van der Waals surface area contributed by atoms with Gasteiger partial charge >= 0.3 is 5.76 Å². The van der Waals surface area contributed by atoms with Crippen LogP contribution in [0.3, 0.4) is 0 Å². The van der Waals surface area contributed by atoms with Crippen molar-refractivity contribution in [3.8, 4) is 11.5 Å². The van der Waals surface area contributed by atoms with E-state index >= 15 is 0 Å². The molecule has 34 heavy (non-hydrogen) atoms. The van der Waals surface area contributed by atoms with Gasteiger partial charge < -0.3 is 19.2 Å². The molecule has 0 saturated carbocycles. The standard InChI is InChI=1S/C23H27N3O7S/c1-31-19-8-5-15(12-21(19)32-2)9-10-24-22(27)16-4-3-11-26(14-16)34(29,30)17-6-7-18-20(13-17)33-23(28)25-18/h5-8,12-13,16H,3-4,9-11,14H2,1-2H3,(H,24,27)(H,25,28). The van der Waals surface area contributed by atoms with Gasteiger partial charge in [-0.25, -0.2) is 13.2 Å². The molecule has 1 aliphatic rings. The molecular formula is C23H27N3O7S. The first-order chi connectivity index (χ1) is 16.3. The second kappa shape index (κ2) is 9.90. The van der Waals surface area contributed by atoms with E-state index in [1.54, 1.807) is 14.2 Å². The van der Waals surface area contributed by atoms with E-state index in [0.717, 1.165) is 5.56 Å². The Labute approximate surface area is 196 Å². The van der Waals surface area contributed by atoms with Crippen LogP contribution in [-0.2, 0) is 21.2 Å². The van der Waals surface area contributed by atoms with Gasteiger partial charge in [0.05, 0.1) is 30.5 Å². The summed E-state index contributed by atoms with van der Waals surface area (Å²) in [6.07, 6.45) is 1.79. The third-order valence-electron chi connectivity index (χ3n) is 5.95. The molecule has 1 aliphatic heterocycles. The molecule has 11 heteroatoms. The maximum Gasteiger partial charge on any atom is 0.417 e. The number of aromatic nitrogens is 1. The summed E-state index contributed by atoms with van der Waals surface area (Å²) in [7, 11) is -0.698. The molecule has 0 radical (unpaired) electrons. The summed E-state index contributed by atoms with van der Waals surface area (Å²) >= 11 is 0. The first-order valence-electron chi connectivity index (χ1n) is 10.9. The van der Waals surface area contributed by atoms with E-state index in [0.29, 0.717) is 49.4 Å². The van der Waals surface area contributed by atoms with Crippen molar-refractivity contribution in [3.63, 3.8) is 0 Å². The third-order valence-corrected chi connectivity index (χ3v) is 7.81. The van der Waals surface area contributed by atoms with E-state index in [4.69, 9.17) is 13.9 Å². The summed E-state index contributed by atoms with van der Waals surface area (Å²) < 4.78 is 43.2. The number of sulfonamides is 1. The number of H-pyrrole nitrogens is 1. The molecule has 2 aromatic carbocycles. The SMILES string of the molecule is COc1ccc(CCNC(=O)C2CCCN(S(=O)(=O)c3ccc4[nH]c(=O)oc4c3)C2)cc1OC. The first kappa shape index (κ1) is 23.8. The Hall–Kier alpha value is -3.31. The van der Waals surface area contributed by atoms with Crippen molar-refractivity contribution in [2.24, 2.45) is 5.92 Å². The zero-order valence-electron chi connectivity index (χ0n) is 19.0. The quantitative estimate of drug-likeness (QED) is 0.494. The molecule has 2 heterocycles. The second-order valence-corrected chi connectivity index (χ2v) is 10.0. The molecule has 3 aromatic rings. The number of hydrogen-bond donors (Lipinski definition) is 2. The van der Waals surface area contributed by atoms with Crippen molar-refractivity contribution < 1.29 is 27.1 Å². The summed E-state index contributed by atoms with van der Waals surface area (Å²) in [4.78, 5) is 26.6. The highest BCUT2D eigenvalue weighted by Gasteiger charge is 2.33. The van der Waals surface area contributed by atoms with Crippen molar-refractivity contribution in [2.45, 2.75) is 24.2 Å². The molecule has 4 rings (SSSR count). The number of aromatic amines is 1. The molecule has 2 N–H and O–H groups in total. The van der Waals surface area contributed by atoms with E-state index in [-0.39, 0.29) is 22.9 Å². The molecule has 182 valence electrons. The van der Waals surface area contributed by atoms with Crippen LogP contribution in [0, 0.1) is 5.92 Å². The van der Waals surface area contributed by atoms with Gasteiger partial charge in [-0.2, -0.15) is 4.31 Å². The molecule has 0 spiro atoms. The lowest BCUT2D eigenvalue weighted by Crippen LogP contribution is -2.45. The Morgan fingerprint density at radius 1 is 1.18 bits per heavy atom. The lowest BCUT2D eigenvalue weighted by Gasteiger charge is -2.31. The number of oxazole rings is 1. The van der Waals surface area contributed by atoms with Crippen LogP contribution in [-0.4, -0.2) is 57.5 Å². The van der Waals surface area contributed by atoms with E-state index in [1.165, 1.54) is 22.5 Å². The van der Waals surface area contributed by atoms with Crippen LogP contribution in [0.2, 0.25) is 0 Å². The lowest BCUT2D eigenvalue weighted by atomic mass is 9.99. The minimum absolute atomic E-state index is 0.0252. The maximum atomic E-state index is 13.2. The lowest BCUT2D eigenvalue weighted by molar-refractivity contribution is -0.126. The fourth-order valence-corrected chi connectivity index (χ4v) is 5.66. The average Bonchev–Trinajstić information content (AvgIpc) is 3.23. The maximum absolute atomic E-state index is 13.2. The van der Waals surface area contributed by atoms with Crippen molar-refractivity contribution in [3.05, 3.63) is 52.5 Å². The van der Waals surface area contributed by atoms with E-state index < -0.39 is 21.7 Å². The number of hydrogen-bond acceptors (Lipinski definition) is 7. The topological polar surface area (TPSA) is 131 Å². The van der Waals surface area contributed by atoms with Crippen LogP contribution >= 0.6 is 0 Å². The molecule has 1 fully saturated rings. The fraction of sp³-hybridized carbons (Fsp3) is 0.391. The Balaban J connectivity index is 1.37. The van der Waals surface area contributed by atoms with Crippen LogP contribution in [0.5, 0.6) is 11.5 Å². The number of fused-ring (bicyclic) bond motifs is 1. The number of rotatable bonds is 8. The number of nitrogens with zero attached hydrogens (tertiary/aromatic N) is 1. The minimum Gasteiger partial charge on any atom is -0.493 e. The van der Waals surface area contributed by atoms with Gasteiger partial charge in [-0.3, -0.25) is 9.78 Å². The van der Waals surface area contributed by atoms with Crippen LogP contribution < -0.4 is 20.5 Å². The Kier molecular flexibility index (Phi) is 6.94. The predicted octanol–water partition coefficient (Wildman–Crippen LogP) is 1.90. The van der Waals surface area contributed by atoms with Gasteiger partial charge in [0.2, 0.25) is 15.9 Å². The number of methoxy groups -OCH3 is 2. The number of ether oxygens (including phenoxy) is 2. The van der Waals surface area contributed by atoms with E-state index in [2.05, 4.69) is 10.3 Å². The monoisotopic (exact) mass is 489 g/mol. The zero-order chi connectivity index (χ0) is 24.3. The summed E-state index contributed by atoms with van der Waals surface area (Å²) in [6.45, 7) is 0.841. The van der Waals surface area contributed by atoms with Gasteiger partial charge in [0.25, 0.3) is 0 Å². The number of nitrogens with one attached hydrogen (secondary N) is 2. The molecule has 10 nitrogen and oxygen atoms in total. The highest BCUT2D eigenvalue weighted by atomic mass is 32.2. The summed E-state index contributed by atoms with van der Waals surface area (Å²) in [5, 5.41) is 2.92. The first-order valence-corrected chi connectivity index (χ1v) is 12.4. The number of amides is 1. The van der Waals surface area contributed by atoms with E-state index in [1.807, 2.05) is 18.2 Å². The smallest absolute Gasteiger partial charge is 0.417 e. The normalized spacial score (nSPS) is 16.9. The Morgan fingerprint density at radius 2 is 1.97 bits per heavy atom. The van der Waals surface area contributed by atoms with Crippen molar-refractivity contribution in [1.29, 1.82) is 0 Å². The molecular weight excluding hydrogens is 462 g/mol. The molecule has 1 amide bonds. The second-order valence-electron chi connectivity index (χ2n) is 8.11. The Morgan fingerprint density at radius 3 is 2.74 bits per heavy atom. The number of carbonyl (C=O) groups excluding carboxylic acids is 1. The van der Waals surface area contributed by atoms with Crippen LogP contribution in [0.15, 0.2) is 50.5 Å². The number of benzene rings is 2. The van der Waals surface area contributed by atoms with Crippen LogP contribution in [0.1, 0.15) is 18.4 Å². The number of carbonyl (C=O) groups is 1. The third kappa shape index (κ3) is 4.95. The minimum atomic E-state index is -3.84. The molecule has 0 aliphatic carbocycles.